The van der Waals surface area contributed by atoms with E-state index in [0.717, 1.165) is 0 Å². The first-order valence-corrected chi connectivity index (χ1v) is 6.80. The summed E-state index contributed by atoms with van der Waals surface area (Å²) < 4.78 is 44.4. The Hall–Kier alpha value is 0.100. The largest absolute Gasteiger partial charge is 0.328 e. The summed E-state index contributed by atoms with van der Waals surface area (Å²) in [5.41, 5.74) is -0.812. The Bertz CT molecular complexity index is 256. The predicted molar refractivity (Wildman–Crippen MR) is 41.6 cm³/mol. The van der Waals surface area contributed by atoms with Gasteiger partial charge in [0.15, 0.2) is 5.49 Å². The third-order valence-corrected chi connectivity index (χ3v) is 4.79. The van der Waals surface area contributed by atoms with Crippen molar-refractivity contribution < 1.29 is 22.1 Å². The average molecular weight is 202 g/mol. The summed E-state index contributed by atoms with van der Waals surface area (Å²) in [4.78, 5) is 0. The minimum absolute atomic E-state index is 0.170. The minimum atomic E-state index is -4.19. The maximum atomic E-state index is 11.1. The summed E-state index contributed by atoms with van der Waals surface area (Å²) in [7, 11) is -7.34. The molecule has 5 nitrogen and oxygen atoms in total. The lowest BCUT2D eigenvalue weighted by Gasteiger charge is -2.09. The highest BCUT2D eigenvalue weighted by Gasteiger charge is 2.22. The molecular formula is C4H11O5PS. The van der Waals surface area contributed by atoms with Crippen LogP contribution in [0.3, 0.4) is 0 Å². The molecule has 0 aromatic heterocycles. The van der Waals surface area contributed by atoms with Crippen LogP contribution in [0, 0.1) is 0 Å². The summed E-state index contributed by atoms with van der Waals surface area (Å²) in [5.74, 6) is 0. The van der Waals surface area contributed by atoms with E-state index >= 15 is 0 Å². The highest BCUT2D eigenvalue weighted by molar-refractivity contribution is 7.93. The molecule has 0 heterocycles. The first kappa shape index (κ1) is 11.1. The number of rotatable bonds is 4. The molecular weight excluding hydrogens is 191 g/mol. The predicted octanol–water partition coefficient (Wildman–Crippen LogP) is 0.776. The molecule has 0 saturated carbocycles. The van der Waals surface area contributed by atoms with Crippen molar-refractivity contribution in [3.05, 3.63) is 0 Å². The van der Waals surface area contributed by atoms with Crippen LogP contribution in [0.5, 0.6) is 0 Å². The van der Waals surface area contributed by atoms with Gasteiger partial charge in [-0.25, -0.2) is 0 Å². The fraction of sp³-hybridized carbons (Fsp3) is 1.00. The third kappa shape index (κ3) is 6.50. The molecule has 0 aliphatic heterocycles. The Kier molecular flexibility index (Phi) is 3.70. The lowest BCUT2D eigenvalue weighted by molar-refractivity contribution is 0.339. The molecule has 0 saturated heterocycles. The van der Waals surface area contributed by atoms with Gasteiger partial charge in [-0.1, -0.05) is 0 Å². The molecule has 0 spiro atoms. The molecule has 11 heavy (non-hydrogen) atoms. The van der Waals surface area contributed by atoms with Crippen LogP contribution >= 0.6 is 7.37 Å². The van der Waals surface area contributed by atoms with E-state index in [1.807, 2.05) is 0 Å². The van der Waals surface area contributed by atoms with E-state index in [4.69, 9.17) is 4.55 Å². The molecule has 0 radical (unpaired) electrons. The Balaban J connectivity index is 4.26. The van der Waals surface area contributed by atoms with Crippen molar-refractivity contribution in [1.29, 1.82) is 0 Å². The molecule has 68 valence electrons. The minimum Gasteiger partial charge on any atom is -0.328 e. The maximum Gasteiger partial charge on any atom is 0.274 e. The van der Waals surface area contributed by atoms with E-state index in [0.29, 0.717) is 0 Å². The Morgan fingerprint density at radius 2 is 2.00 bits per heavy atom. The monoisotopic (exact) mass is 202 g/mol. The van der Waals surface area contributed by atoms with Crippen LogP contribution in [0.25, 0.3) is 0 Å². The highest BCUT2D eigenvalue weighted by atomic mass is 32.2. The van der Waals surface area contributed by atoms with Crippen LogP contribution in [0.1, 0.15) is 6.92 Å². The van der Waals surface area contributed by atoms with E-state index in [1.54, 1.807) is 6.92 Å². The Morgan fingerprint density at radius 1 is 1.55 bits per heavy atom. The number of hydrogen-bond donors (Lipinski definition) is 1. The smallest absolute Gasteiger partial charge is 0.274 e. The zero-order valence-corrected chi connectivity index (χ0v) is 8.06. The third-order valence-electron chi connectivity index (χ3n) is 0.800. The lowest BCUT2D eigenvalue weighted by Crippen LogP contribution is -2.05. The van der Waals surface area contributed by atoms with E-state index < -0.39 is 23.0 Å². The highest BCUT2D eigenvalue weighted by Crippen LogP contribution is 2.43. The summed E-state index contributed by atoms with van der Waals surface area (Å²) in [6, 6.07) is 0. The quantitative estimate of drug-likeness (QED) is 0.538. The van der Waals surface area contributed by atoms with Crippen LogP contribution in [0.2, 0.25) is 0 Å². The van der Waals surface area contributed by atoms with Crippen LogP contribution in [-0.4, -0.2) is 31.7 Å². The zero-order chi connectivity index (χ0) is 9.12. The van der Waals surface area contributed by atoms with Crippen molar-refractivity contribution in [3.8, 4) is 0 Å². The summed E-state index contributed by atoms with van der Waals surface area (Å²) in [6.45, 7) is 2.94. The molecule has 0 rings (SSSR count). The molecule has 1 atom stereocenters. The summed E-state index contributed by atoms with van der Waals surface area (Å²) in [5, 5.41) is 0. The van der Waals surface area contributed by atoms with Gasteiger partial charge < -0.3 is 4.52 Å². The van der Waals surface area contributed by atoms with Crippen molar-refractivity contribution in [2.75, 3.05) is 18.8 Å². The van der Waals surface area contributed by atoms with Crippen molar-refractivity contribution >= 4 is 17.5 Å². The van der Waals surface area contributed by atoms with Gasteiger partial charge in [-0.15, -0.1) is 0 Å². The molecule has 0 aromatic rings. The zero-order valence-electron chi connectivity index (χ0n) is 6.35. The second kappa shape index (κ2) is 3.67. The van der Waals surface area contributed by atoms with E-state index in [9.17, 15) is 13.0 Å². The summed E-state index contributed by atoms with van der Waals surface area (Å²) >= 11 is 0. The topological polar surface area (TPSA) is 80.7 Å². The van der Waals surface area contributed by atoms with E-state index in [-0.39, 0.29) is 6.61 Å². The van der Waals surface area contributed by atoms with Gasteiger partial charge in [0.1, 0.15) is 0 Å². The van der Waals surface area contributed by atoms with Gasteiger partial charge in [0, 0.05) is 6.66 Å². The van der Waals surface area contributed by atoms with Gasteiger partial charge in [0.05, 0.1) is 6.61 Å². The first-order chi connectivity index (χ1) is 4.77. The molecule has 0 aromatic carbocycles. The van der Waals surface area contributed by atoms with Gasteiger partial charge in [-0.3, -0.25) is 9.12 Å². The second-order valence-corrected chi connectivity index (χ2v) is 6.63. The Morgan fingerprint density at radius 3 is 2.27 bits per heavy atom. The van der Waals surface area contributed by atoms with Gasteiger partial charge in [0.25, 0.3) is 10.1 Å². The molecule has 0 fully saturated rings. The van der Waals surface area contributed by atoms with Crippen molar-refractivity contribution in [3.63, 3.8) is 0 Å². The molecule has 0 aliphatic rings. The Labute approximate surface area is 66.0 Å². The molecule has 0 aliphatic carbocycles. The maximum absolute atomic E-state index is 11.1. The van der Waals surface area contributed by atoms with E-state index in [2.05, 4.69) is 4.52 Å². The van der Waals surface area contributed by atoms with Crippen LogP contribution in [0.4, 0.5) is 0 Å². The average Bonchev–Trinajstić information content (AvgIpc) is 1.55. The van der Waals surface area contributed by atoms with E-state index in [1.165, 1.54) is 6.66 Å². The van der Waals surface area contributed by atoms with Gasteiger partial charge in [-0.2, -0.15) is 8.42 Å². The van der Waals surface area contributed by atoms with Gasteiger partial charge in [-0.05, 0) is 6.92 Å². The summed E-state index contributed by atoms with van der Waals surface area (Å²) in [6.07, 6.45) is 0. The van der Waals surface area contributed by atoms with Crippen LogP contribution in [-0.2, 0) is 19.2 Å². The number of hydrogen-bond acceptors (Lipinski definition) is 4. The van der Waals surface area contributed by atoms with Gasteiger partial charge in [0.2, 0.25) is 7.37 Å². The fourth-order valence-electron chi connectivity index (χ4n) is 0.607. The second-order valence-electron chi connectivity index (χ2n) is 2.14. The first-order valence-electron chi connectivity index (χ1n) is 2.93. The molecule has 1 unspecified atom stereocenters. The molecule has 1 N–H and O–H groups in total. The molecule has 7 heteroatoms. The van der Waals surface area contributed by atoms with Crippen LogP contribution in [0.15, 0.2) is 0 Å². The normalized spacial score (nSPS) is 17.7. The van der Waals surface area contributed by atoms with Crippen molar-refractivity contribution in [1.82, 2.24) is 0 Å². The van der Waals surface area contributed by atoms with Gasteiger partial charge >= 0.3 is 0 Å². The standard InChI is InChI=1S/C4H11O5PS/c1-3-9-10(2,5)4-11(6,7)8/h3-4H2,1-2H3,(H,6,7,8). The lowest BCUT2D eigenvalue weighted by atomic mass is 10.9. The fourth-order valence-corrected chi connectivity index (χ4v) is 3.82. The SMILES string of the molecule is CCOP(C)(=O)CS(=O)(=O)O. The molecule has 0 bridgehead atoms. The van der Waals surface area contributed by atoms with Crippen LogP contribution < -0.4 is 0 Å². The van der Waals surface area contributed by atoms with Crippen molar-refractivity contribution in [2.45, 2.75) is 6.92 Å². The molecule has 0 amide bonds. The van der Waals surface area contributed by atoms with Crippen molar-refractivity contribution in [2.24, 2.45) is 0 Å².